The van der Waals surface area contributed by atoms with E-state index >= 15 is 0 Å². The molecule has 0 saturated carbocycles. The number of carbonyl (C=O) groups is 2. The molecule has 0 aliphatic rings. The minimum Gasteiger partial charge on any atom is -0.490 e. The molecule has 0 radical (unpaired) electrons. The molecule has 0 atom stereocenters. The topological polar surface area (TPSA) is 67.9 Å². The Hall–Kier alpha value is -2.86. The predicted molar refractivity (Wildman–Crippen MR) is 105 cm³/mol. The third kappa shape index (κ3) is 5.82. The van der Waals surface area contributed by atoms with Crippen LogP contribution in [0.2, 0.25) is 0 Å². The van der Waals surface area contributed by atoms with E-state index in [1.807, 2.05) is 18.2 Å². The van der Waals surface area contributed by atoms with E-state index in [0.29, 0.717) is 29.2 Å². The molecular weight excluding hydrogens is 344 g/mol. The highest BCUT2D eigenvalue weighted by Crippen LogP contribution is 2.24. The number of nitrogens with one attached hydrogen (secondary N) is 1. The fourth-order valence-corrected chi connectivity index (χ4v) is 2.59. The lowest BCUT2D eigenvalue weighted by Gasteiger charge is -2.19. The highest BCUT2D eigenvalue weighted by molar-refractivity contribution is 6.05. The van der Waals surface area contributed by atoms with Crippen molar-refractivity contribution in [2.45, 2.75) is 13.8 Å². The van der Waals surface area contributed by atoms with Gasteiger partial charge in [-0.05, 0) is 49.5 Å². The summed E-state index contributed by atoms with van der Waals surface area (Å²) in [4.78, 5) is 26.2. The Balaban J connectivity index is 2.02. The van der Waals surface area contributed by atoms with Crippen LogP contribution in [0.1, 0.15) is 34.6 Å². The quantitative estimate of drug-likeness (QED) is 0.685. The van der Waals surface area contributed by atoms with Gasteiger partial charge in [-0.2, -0.15) is 0 Å². The molecule has 2 aromatic carbocycles. The van der Waals surface area contributed by atoms with Crippen LogP contribution in [0.25, 0.3) is 0 Å². The van der Waals surface area contributed by atoms with E-state index in [9.17, 15) is 9.59 Å². The normalized spacial score (nSPS) is 10.5. The average molecular weight is 370 g/mol. The molecule has 0 unspecified atom stereocenters. The van der Waals surface area contributed by atoms with Gasteiger partial charge in [-0.3, -0.25) is 4.79 Å². The molecule has 0 fully saturated rings. The van der Waals surface area contributed by atoms with Crippen molar-refractivity contribution in [3.8, 4) is 5.75 Å². The number of amides is 1. The number of anilines is 1. The largest absolute Gasteiger partial charge is 0.490 e. The summed E-state index contributed by atoms with van der Waals surface area (Å²) in [5.41, 5.74) is 1.45. The van der Waals surface area contributed by atoms with Gasteiger partial charge in [0.2, 0.25) is 0 Å². The number of hydrogen-bond acceptors (Lipinski definition) is 5. The zero-order valence-corrected chi connectivity index (χ0v) is 16.0. The number of benzene rings is 2. The number of para-hydroxylation sites is 2. The van der Waals surface area contributed by atoms with Gasteiger partial charge >= 0.3 is 5.97 Å². The summed E-state index contributed by atoms with van der Waals surface area (Å²) in [5, 5.41) is 2.86. The predicted octanol–water partition coefficient (Wildman–Crippen LogP) is 3.45. The summed E-state index contributed by atoms with van der Waals surface area (Å²) < 4.78 is 10.5. The van der Waals surface area contributed by atoms with Crippen molar-refractivity contribution in [1.82, 2.24) is 4.90 Å². The summed E-state index contributed by atoms with van der Waals surface area (Å²) in [6.45, 7) is 7.54. The van der Waals surface area contributed by atoms with Crippen molar-refractivity contribution in [3.63, 3.8) is 0 Å². The van der Waals surface area contributed by atoms with E-state index < -0.39 is 5.97 Å². The summed E-state index contributed by atoms with van der Waals surface area (Å²) >= 11 is 0. The highest BCUT2D eigenvalue weighted by atomic mass is 16.5. The first-order valence-corrected chi connectivity index (χ1v) is 9.03. The number of carbonyl (C=O) groups excluding carboxylic acids is 2. The molecule has 6 nitrogen and oxygen atoms in total. The summed E-state index contributed by atoms with van der Waals surface area (Å²) in [5.74, 6) is -0.0794. The van der Waals surface area contributed by atoms with Gasteiger partial charge in [-0.15, -0.1) is 0 Å². The second-order valence-corrected chi connectivity index (χ2v) is 5.89. The number of esters is 1. The summed E-state index contributed by atoms with van der Waals surface area (Å²) in [6, 6.07) is 13.6. The molecule has 0 spiro atoms. The average Bonchev–Trinajstić information content (AvgIpc) is 2.71. The van der Waals surface area contributed by atoms with Crippen LogP contribution in [0.15, 0.2) is 48.5 Å². The third-order valence-electron chi connectivity index (χ3n) is 4.26. The highest BCUT2D eigenvalue weighted by Gasteiger charge is 2.12. The number of ether oxygens (including phenoxy) is 2. The van der Waals surface area contributed by atoms with Gasteiger partial charge in [0, 0.05) is 12.1 Å². The molecule has 0 aromatic heterocycles. The van der Waals surface area contributed by atoms with Gasteiger partial charge in [0.1, 0.15) is 12.4 Å². The van der Waals surface area contributed by atoms with Crippen LogP contribution >= 0.6 is 0 Å². The number of likely N-dealkylation sites (N-methyl/N-ethyl adjacent to an activating group) is 1. The zero-order valence-electron chi connectivity index (χ0n) is 16.0. The molecule has 1 N–H and O–H groups in total. The van der Waals surface area contributed by atoms with Gasteiger partial charge in [0.15, 0.2) is 0 Å². The molecule has 0 aliphatic carbocycles. The molecule has 1 amide bonds. The number of methoxy groups -OCH3 is 1. The van der Waals surface area contributed by atoms with Crippen LogP contribution < -0.4 is 10.1 Å². The van der Waals surface area contributed by atoms with Crippen LogP contribution in [0.4, 0.5) is 5.69 Å². The third-order valence-corrected chi connectivity index (χ3v) is 4.26. The van der Waals surface area contributed by atoms with Crippen LogP contribution in [0.3, 0.4) is 0 Å². The molecule has 0 bridgehead atoms. The van der Waals surface area contributed by atoms with E-state index in [1.54, 1.807) is 30.3 Å². The molecular formula is C21H26N2O4. The van der Waals surface area contributed by atoms with Gasteiger partial charge in [-0.1, -0.05) is 26.0 Å². The molecule has 0 heterocycles. The van der Waals surface area contributed by atoms with E-state index in [0.717, 1.165) is 19.6 Å². The molecule has 0 saturated heterocycles. The second kappa shape index (κ2) is 10.3. The minimum absolute atomic E-state index is 0.272. The Morgan fingerprint density at radius 1 is 0.963 bits per heavy atom. The Morgan fingerprint density at radius 2 is 1.59 bits per heavy atom. The van der Waals surface area contributed by atoms with Crippen LogP contribution in [-0.2, 0) is 4.74 Å². The summed E-state index contributed by atoms with van der Waals surface area (Å²) in [6.07, 6.45) is 0. The Bertz CT molecular complexity index is 755. The number of hydrogen-bond donors (Lipinski definition) is 1. The fourth-order valence-electron chi connectivity index (χ4n) is 2.59. The first-order valence-electron chi connectivity index (χ1n) is 9.03. The molecule has 0 aliphatic heterocycles. The van der Waals surface area contributed by atoms with Crippen molar-refractivity contribution in [2.75, 3.05) is 38.7 Å². The lowest BCUT2D eigenvalue weighted by molar-refractivity contribution is 0.0600. The molecule has 6 heteroatoms. The Kier molecular flexibility index (Phi) is 7.82. The second-order valence-electron chi connectivity index (χ2n) is 5.89. The van der Waals surface area contributed by atoms with Crippen molar-refractivity contribution >= 4 is 17.6 Å². The first kappa shape index (κ1) is 20.5. The first-order chi connectivity index (χ1) is 13.1. The van der Waals surface area contributed by atoms with Crippen LogP contribution in [0.5, 0.6) is 5.75 Å². The standard InChI is InChI=1S/C21H26N2O4/c1-4-23(5-2)14-15-27-19-9-7-6-8-18(19)22-20(24)16-10-12-17(13-11-16)21(25)26-3/h6-13H,4-5,14-15H2,1-3H3,(H,22,24). The zero-order chi connectivity index (χ0) is 19.6. The van der Waals surface area contributed by atoms with E-state index in [1.165, 1.54) is 7.11 Å². The monoisotopic (exact) mass is 370 g/mol. The van der Waals surface area contributed by atoms with Crippen molar-refractivity contribution in [3.05, 3.63) is 59.7 Å². The minimum atomic E-state index is -0.436. The van der Waals surface area contributed by atoms with E-state index in [4.69, 9.17) is 4.74 Å². The number of rotatable bonds is 9. The lowest BCUT2D eigenvalue weighted by Crippen LogP contribution is -2.28. The Morgan fingerprint density at radius 3 is 2.22 bits per heavy atom. The molecule has 27 heavy (non-hydrogen) atoms. The number of nitrogens with zero attached hydrogens (tertiary/aromatic N) is 1. The van der Waals surface area contributed by atoms with Gasteiger partial charge < -0.3 is 19.7 Å². The SMILES string of the molecule is CCN(CC)CCOc1ccccc1NC(=O)c1ccc(C(=O)OC)cc1. The van der Waals surface area contributed by atoms with E-state index in [2.05, 4.69) is 28.8 Å². The van der Waals surface area contributed by atoms with Crippen molar-refractivity contribution < 1.29 is 19.1 Å². The lowest BCUT2D eigenvalue weighted by atomic mass is 10.1. The molecule has 2 aromatic rings. The fraction of sp³-hybridized carbons (Fsp3) is 0.333. The van der Waals surface area contributed by atoms with E-state index in [-0.39, 0.29) is 5.91 Å². The maximum Gasteiger partial charge on any atom is 0.337 e. The maximum atomic E-state index is 12.5. The Labute approximate surface area is 160 Å². The maximum absolute atomic E-state index is 12.5. The molecule has 2 rings (SSSR count). The molecule has 144 valence electrons. The van der Waals surface area contributed by atoms with Crippen LogP contribution in [0, 0.1) is 0 Å². The summed E-state index contributed by atoms with van der Waals surface area (Å²) in [7, 11) is 1.32. The van der Waals surface area contributed by atoms with Crippen molar-refractivity contribution in [1.29, 1.82) is 0 Å². The smallest absolute Gasteiger partial charge is 0.337 e. The van der Waals surface area contributed by atoms with Gasteiger partial charge in [0.25, 0.3) is 5.91 Å². The van der Waals surface area contributed by atoms with Gasteiger partial charge in [0.05, 0.1) is 18.4 Å². The van der Waals surface area contributed by atoms with Crippen molar-refractivity contribution in [2.24, 2.45) is 0 Å². The van der Waals surface area contributed by atoms with Gasteiger partial charge in [-0.25, -0.2) is 4.79 Å². The van der Waals surface area contributed by atoms with Crippen LogP contribution in [-0.4, -0.2) is 50.1 Å².